The summed E-state index contributed by atoms with van der Waals surface area (Å²) in [6, 6.07) is -0.0202. The first kappa shape index (κ1) is 26.0. The van der Waals surface area contributed by atoms with Crippen molar-refractivity contribution < 1.29 is 14.3 Å². The molecule has 0 aromatic rings. The molecule has 0 aromatic heterocycles. The molecule has 0 spiro atoms. The van der Waals surface area contributed by atoms with Crippen LogP contribution in [0.5, 0.6) is 0 Å². The summed E-state index contributed by atoms with van der Waals surface area (Å²) in [6.45, 7) is 13.3. The maximum atomic E-state index is 12.1. The van der Waals surface area contributed by atoms with Crippen LogP contribution in [0.1, 0.15) is 54.4 Å². The van der Waals surface area contributed by atoms with Gasteiger partial charge in [-0.05, 0) is 39.5 Å². The molecular formula is C20H41N5O3. The number of carbonyl (C=O) groups excluding carboxylic acids is 2. The van der Waals surface area contributed by atoms with Gasteiger partial charge in [0.05, 0.1) is 0 Å². The molecule has 0 radical (unpaired) electrons. The third kappa shape index (κ3) is 11.7. The molecule has 164 valence electrons. The number of nitrogens with zero attached hydrogens (tertiary/aromatic N) is 3. The molecule has 0 saturated heterocycles. The van der Waals surface area contributed by atoms with Crippen molar-refractivity contribution in [1.29, 1.82) is 0 Å². The summed E-state index contributed by atoms with van der Waals surface area (Å²) in [7, 11) is 5.37. The number of guanidine groups is 1. The second-order valence-corrected chi connectivity index (χ2v) is 8.56. The molecule has 8 nitrogen and oxygen atoms in total. The SMILES string of the molecule is CCCNC(=NCC(=O)N(C)C)N(C)CCC(NC(=O)OC(C)(C)C)C(C)C. The number of likely N-dealkylation sites (N-methyl/N-ethyl adjacent to an activating group) is 1. The Kier molecular flexibility index (Phi) is 11.6. The number of ether oxygens (including phenoxy) is 1. The zero-order valence-corrected chi connectivity index (χ0v) is 19.3. The summed E-state index contributed by atoms with van der Waals surface area (Å²) >= 11 is 0. The summed E-state index contributed by atoms with van der Waals surface area (Å²) in [6.07, 6.45) is 1.30. The zero-order chi connectivity index (χ0) is 21.9. The van der Waals surface area contributed by atoms with Crippen LogP contribution in [-0.2, 0) is 9.53 Å². The molecule has 0 bridgehead atoms. The van der Waals surface area contributed by atoms with Gasteiger partial charge in [0, 0.05) is 40.3 Å². The minimum atomic E-state index is -0.523. The number of alkyl carbamates (subject to hydrolysis) is 1. The van der Waals surface area contributed by atoms with E-state index in [1.807, 2.05) is 32.7 Å². The van der Waals surface area contributed by atoms with E-state index in [0.717, 1.165) is 19.4 Å². The van der Waals surface area contributed by atoms with Gasteiger partial charge in [-0.25, -0.2) is 9.79 Å². The highest BCUT2D eigenvalue weighted by atomic mass is 16.6. The second kappa shape index (κ2) is 12.5. The summed E-state index contributed by atoms with van der Waals surface area (Å²) in [4.78, 5) is 31.9. The van der Waals surface area contributed by atoms with Crippen molar-refractivity contribution in [3.05, 3.63) is 0 Å². The van der Waals surface area contributed by atoms with E-state index in [9.17, 15) is 9.59 Å². The fourth-order valence-electron chi connectivity index (χ4n) is 2.30. The van der Waals surface area contributed by atoms with Gasteiger partial charge >= 0.3 is 6.09 Å². The number of nitrogens with one attached hydrogen (secondary N) is 2. The molecule has 0 fully saturated rings. The van der Waals surface area contributed by atoms with Crippen LogP contribution in [0.15, 0.2) is 4.99 Å². The van der Waals surface area contributed by atoms with Gasteiger partial charge in [-0.1, -0.05) is 20.8 Å². The molecule has 0 saturated carbocycles. The molecule has 28 heavy (non-hydrogen) atoms. The van der Waals surface area contributed by atoms with Gasteiger partial charge in [-0.3, -0.25) is 4.79 Å². The van der Waals surface area contributed by atoms with E-state index in [0.29, 0.717) is 12.5 Å². The van der Waals surface area contributed by atoms with Crippen LogP contribution in [0.2, 0.25) is 0 Å². The Hall–Kier alpha value is -1.99. The van der Waals surface area contributed by atoms with Crippen molar-refractivity contribution in [2.45, 2.75) is 66.0 Å². The van der Waals surface area contributed by atoms with E-state index in [2.05, 4.69) is 36.4 Å². The number of rotatable bonds is 9. The molecule has 0 aliphatic heterocycles. The average molecular weight is 400 g/mol. The second-order valence-electron chi connectivity index (χ2n) is 8.56. The third-order valence-corrected chi connectivity index (χ3v) is 4.04. The normalized spacial score (nSPS) is 13.1. The minimum absolute atomic E-state index is 0.0202. The molecule has 1 unspecified atom stereocenters. The topological polar surface area (TPSA) is 86.3 Å². The molecule has 8 heteroatoms. The van der Waals surface area contributed by atoms with Crippen molar-refractivity contribution in [2.24, 2.45) is 10.9 Å². The van der Waals surface area contributed by atoms with Crippen LogP contribution in [0, 0.1) is 5.92 Å². The predicted octanol–water partition coefficient (Wildman–Crippen LogP) is 2.30. The Balaban J connectivity index is 4.91. The van der Waals surface area contributed by atoms with Crippen LogP contribution in [-0.4, -0.2) is 80.2 Å². The number of carbonyl (C=O) groups is 2. The summed E-state index contributed by atoms with van der Waals surface area (Å²) < 4.78 is 5.37. The average Bonchev–Trinajstić information content (AvgIpc) is 2.56. The van der Waals surface area contributed by atoms with E-state index in [-0.39, 0.29) is 24.4 Å². The van der Waals surface area contributed by atoms with Crippen LogP contribution in [0.25, 0.3) is 0 Å². The van der Waals surface area contributed by atoms with Gasteiger partial charge in [0.1, 0.15) is 12.1 Å². The lowest BCUT2D eigenvalue weighted by molar-refractivity contribution is -0.127. The minimum Gasteiger partial charge on any atom is -0.444 e. The lowest BCUT2D eigenvalue weighted by atomic mass is 10.0. The number of aliphatic imine (C=N–C) groups is 1. The first-order valence-corrected chi connectivity index (χ1v) is 10.1. The molecule has 2 amide bonds. The van der Waals surface area contributed by atoms with Crippen molar-refractivity contribution in [3.8, 4) is 0 Å². The van der Waals surface area contributed by atoms with E-state index in [1.165, 1.54) is 4.90 Å². The van der Waals surface area contributed by atoms with Crippen molar-refractivity contribution in [1.82, 2.24) is 20.4 Å². The largest absolute Gasteiger partial charge is 0.444 e. The molecular weight excluding hydrogens is 358 g/mol. The quantitative estimate of drug-likeness (QED) is 0.459. The first-order valence-electron chi connectivity index (χ1n) is 10.1. The molecule has 0 aliphatic rings. The third-order valence-electron chi connectivity index (χ3n) is 4.04. The molecule has 2 N–H and O–H groups in total. The Labute approximate surface area is 171 Å². The van der Waals surface area contributed by atoms with Crippen molar-refractivity contribution >= 4 is 18.0 Å². The molecule has 0 rings (SSSR count). The highest BCUT2D eigenvalue weighted by molar-refractivity contribution is 5.84. The Morgan fingerprint density at radius 2 is 1.75 bits per heavy atom. The predicted molar refractivity (Wildman–Crippen MR) is 115 cm³/mol. The smallest absolute Gasteiger partial charge is 0.407 e. The summed E-state index contributed by atoms with van der Waals surface area (Å²) in [5, 5.41) is 6.25. The number of hydrogen-bond acceptors (Lipinski definition) is 4. The Morgan fingerprint density at radius 3 is 2.21 bits per heavy atom. The van der Waals surface area contributed by atoms with Gasteiger partial charge in [0.15, 0.2) is 5.96 Å². The van der Waals surface area contributed by atoms with Gasteiger partial charge in [-0.2, -0.15) is 0 Å². The Morgan fingerprint density at radius 1 is 1.14 bits per heavy atom. The van der Waals surface area contributed by atoms with E-state index in [4.69, 9.17) is 4.74 Å². The first-order chi connectivity index (χ1) is 12.9. The monoisotopic (exact) mass is 399 g/mol. The maximum absolute atomic E-state index is 12.1. The lowest BCUT2D eigenvalue weighted by Gasteiger charge is -2.28. The van der Waals surface area contributed by atoms with Crippen molar-refractivity contribution in [2.75, 3.05) is 40.8 Å². The van der Waals surface area contributed by atoms with E-state index in [1.54, 1.807) is 14.1 Å². The van der Waals surface area contributed by atoms with Crippen LogP contribution >= 0.6 is 0 Å². The fourth-order valence-corrected chi connectivity index (χ4v) is 2.30. The summed E-state index contributed by atoms with van der Waals surface area (Å²) in [5.41, 5.74) is -0.523. The van der Waals surface area contributed by atoms with Gasteiger partial charge in [0.25, 0.3) is 0 Å². The highest BCUT2D eigenvalue weighted by Gasteiger charge is 2.22. The fraction of sp³-hybridized carbons (Fsp3) is 0.850. The number of hydrogen-bond donors (Lipinski definition) is 2. The number of amides is 2. The van der Waals surface area contributed by atoms with E-state index >= 15 is 0 Å². The molecule has 1 atom stereocenters. The lowest BCUT2D eigenvalue weighted by Crippen LogP contribution is -2.45. The van der Waals surface area contributed by atoms with Gasteiger partial charge in [-0.15, -0.1) is 0 Å². The van der Waals surface area contributed by atoms with E-state index < -0.39 is 11.7 Å². The van der Waals surface area contributed by atoms with Gasteiger partial charge < -0.3 is 25.2 Å². The Bertz CT molecular complexity index is 512. The maximum Gasteiger partial charge on any atom is 0.407 e. The zero-order valence-electron chi connectivity index (χ0n) is 19.3. The van der Waals surface area contributed by atoms with Gasteiger partial charge in [0.2, 0.25) is 5.91 Å². The molecule has 0 heterocycles. The van der Waals surface area contributed by atoms with Crippen LogP contribution in [0.4, 0.5) is 4.79 Å². The summed E-state index contributed by atoms with van der Waals surface area (Å²) in [5.74, 6) is 0.910. The van der Waals surface area contributed by atoms with Crippen LogP contribution < -0.4 is 10.6 Å². The molecule has 0 aliphatic carbocycles. The highest BCUT2D eigenvalue weighted by Crippen LogP contribution is 2.11. The van der Waals surface area contributed by atoms with Crippen LogP contribution in [0.3, 0.4) is 0 Å². The molecule has 0 aromatic carbocycles. The van der Waals surface area contributed by atoms with Crippen molar-refractivity contribution in [3.63, 3.8) is 0 Å². The standard InChI is InChI=1S/C20H41N5O3/c1-10-12-21-18(22-14-17(26)24(7)8)25(9)13-11-16(15(2)3)23-19(27)28-20(4,5)6/h15-16H,10-14H2,1-9H3,(H,21,22)(H,23,27).